The van der Waals surface area contributed by atoms with Crippen LogP contribution in [0, 0.1) is 5.41 Å². The zero-order valence-electron chi connectivity index (χ0n) is 13.2. The van der Waals surface area contributed by atoms with Crippen LogP contribution in [0.3, 0.4) is 0 Å². The van der Waals surface area contributed by atoms with Crippen molar-refractivity contribution in [2.24, 2.45) is 16.9 Å². The summed E-state index contributed by atoms with van der Waals surface area (Å²) in [5.74, 6) is 0.691. The summed E-state index contributed by atoms with van der Waals surface area (Å²) in [4.78, 5) is 0. The molecule has 3 nitrogen and oxygen atoms in total. The first-order valence-electron chi connectivity index (χ1n) is 7.87. The fourth-order valence-corrected chi connectivity index (χ4v) is 4.00. The standard InChI is InChI=1S/C19H25N3/c1-14(2)18-10-11-19(12-18,13-18)22-17(21)9-8-16(20)15-6-4-3-5-7-15/h3-9,22H,1,10-13,20-21H2,2H3/b16-8-,17-9+. The largest absolute Gasteiger partial charge is 0.398 e. The number of nitrogens with two attached hydrogens (primary N) is 2. The number of fused-ring (bicyclic) bond motifs is 1. The molecule has 0 heterocycles. The zero-order chi connectivity index (χ0) is 15.8. The average molecular weight is 295 g/mol. The van der Waals surface area contributed by atoms with E-state index in [1.807, 2.05) is 42.5 Å². The third kappa shape index (κ3) is 2.52. The number of allylic oxidation sites excluding steroid dienone is 3. The molecule has 22 heavy (non-hydrogen) atoms. The highest BCUT2D eigenvalue weighted by Crippen LogP contribution is 2.64. The Hall–Kier alpha value is -2.16. The quantitative estimate of drug-likeness (QED) is 0.577. The zero-order valence-corrected chi connectivity index (χ0v) is 13.2. The molecule has 0 atom stereocenters. The lowest BCUT2D eigenvalue weighted by Crippen LogP contribution is -2.54. The van der Waals surface area contributed by atoms with Crippen LogP contribution in [0.15, 0.2) is 60.5 Å². The highest BCUT2D eigenvalue weighted by atomic mass is 15.1. The molecule has 4 rings (SSSR count). The minimum absolute atomic E-state index is 0.175. The second kappa shape index (κ2) is 5.24. The summed E-state index contributed by atoms with van der Waals surface area (Å²) in [6, 6.07) is 9.92. The van der Waals surface area contributed by atoms with Crippen LogP contribution >= 0.6 is 0 Å². The van der Waals surface area contributed by atoms with E-state index in [1.54, 1.807) is 0 Å². The van der Waals surface area contributed by atoms with Gasteiger partial charge in [-0.2, -0.15) is 0 Å². The molecule has 1 aromatic rings. The van der Waals surface area contributed by atoms with Gasteiger partial charge in [0.2, 0.25) is 0 Å². The van der Waals surface area contributed by atoms with Gasteiger partial charge in [-0.05, 0) is 55.7 Å². The van der Waals surface area contributed by atoms with Crippen LogP contribution in [0.4, 0.5) is 0 Å². The first-order chi connectivity index (χ1) is 10.4. The molecule has 3 aliphatic rings. The lowest BCUT2D eigenvalue weighted by Gasteiger charge is -2.49. The molecule has 0 amide bonds. The summed E-state index contributed by atoms with van der Waals surface area (Å²) in [7, 11) is 0. The summed E-state index contributed by atoms with van der Waals surface area (Å²) in [5.41, 5.74) is 15.8. The molecule has 0 spiro atoms. The van der Waals surface area contributed by atoms with Crippen molar-refractivity contribution in [3.63, 3.8) is 0 Å². The predicted molar refractivity (Wildman–Crippen MR) is 92.5 cm³/mol. The van der Waals surface area contributed by atoms with E-state index in [0.717, 1.165) is 24.1 Å². The van der Waals surface area contributed by atoms with E-state index in [1.165, 1.54) is 18.4 Å². The van der Waals surface area contributed by atoms with Crippen molar-refractivity contribution in [1.29, 1.82) is 0 Å². The summed E-state index contributed by atoms with van der Waals surface area (Å²) < 4.78 is 0. The topological polar surface area (TPSA) is 64.1 Å². The van der Waals surface area contributed by atoms with E-state index in [-0.39, 0.29) is 5.54 Å². The van der Waals surface area contributed by atoms with Gasteiger partial charge in [-0.1, -0.05) is 42.5 Å². The van der Waals surface area contributed by atoms with Crippen LogP contribution in [0.25, 0.3) is 5.70 Å². The molecule has 3 heteroatoms. The van der Waals surface area contributed by atoms with Gasteiger partial charge in [-0.15, -0.1) is 0 Å². The fraction of sp³-hybridized carbons (Fsp3) is 0.368. The van der Waals surface area contributed by atoms with Crippen LogP contribution in [-0.4, -0.2) is 5.54 Å². The van der Waals surface area contributed by atoms with E-state index in [2.05, 4.69) is 18.8 Å². The molecule has 0 unspecified atom stereocenters. The molecule has 0 saturated heterocycles. The SMILES string of the molecule is C=C(C)C12CCC(N/C(N)=C/C=C(\N)c3ccccc3)(C1)C2. The fourth-order valence-electron chi connectivity index (χ4n) is 4.00. The summed E-state index contributed by atoms with van der Waals surface area (Å²) in [6.07, 6.45) is 8.45. The first kappa shape index (κ1) is 14.8. The van der Waals surface area contributed by atoms with Gasteiger partial charge in [-0.3, -0.25) is 0 Å². The molecule has 0 radical (unpaired) electrons. The van der Waals surface area contributed by atoms with Crippen LogP contribution < -0.4 is 16.8 Å². The molecule has 3 fully saturated rings. The Kier molecular flexibility index (Phi) is 3.51. The minimum atomic E-state index is 0.175. The van der Waals surface area contributed by atoms with E-state index >= 15 is 0 Å². The predicted octanol–water partition coefficient (Wildman–Crippen LogP) is 3.26. The van der Waals surface area contributed by atoms with Gasteiger partial charge in [-0.25, -0.2) is 0 Å². The number of rotatable bonds is 5. The van der Waals surface area contributed by atoms with Crippen molar-refractivity contribution in [1.82, 2.24) is 5.32 Å². The summed E-state index contributed by atoms with van der Waals surface area (Å²) >= 11 is 0. The van der Waals surface area contributed by atoms with Crippen molar-refractivity contribution < 1.29 is 0 Å². The van der Waals surface area contributed by atoms with Gasteiger partial charge in [0.15, 0.2) is 0 Å². The van der Waals surface area contributed by atoms with Gasteiger partial charge >= 0.3 is 0 Å². The monoisotopic (exact) mass is 295 g/mol. The molecule has 3 saturated carbocycles. The first-order valence-corrected chi connectivity index (χ1v) is 7.87. The van der Waals surface area contributed by atoms with Crippen molar-refractivity contribution >= 4 is 5.70 Å². The molecule has 2 bridgehead atoms. The van der Waals surface area contributed by atoms with Crippen molar-refractivity contribution in [3.05, 3.63) is 66.0 Å². The molecule has 5 N–H and O–H groups in total. The van der Waals surface area contributed by atoms with Crippen LogP contribution in [-0.2, 0) is 0 Å². The molecule has 0 aromatic heterocycles. The molecular weight excluding hydrogens is 270 g/mol. The maximum absolute atomic E-state index is 6.14. The Bertz CT molecular complexity index is 634. The van der Waals surface area contributed by atoms with Gasteiger partial charge in [0, 0.05) is 11.2 Å². The van der Waals surface area contributed by atoms with Crippen molar-refractivity contribution in [2.45, 2.75) is 38.1 Å². The van der Waals surface area contributed by atoms with E-state index < -0.39 is 0 Å². The second-order valence-electron chi connectivity index (χ2n) is 6.93. The Balaban J connectivity index is 1.64. The Morgan fingerprint density at radius 3 is 2.41 bits per heavy atom. The normalized spacial score (nSPS) is 30.8. The van der Waals surface area contributed by atoms with Gasteiger partial charge in [0.25, 0.3) is 0 Å². The van der Waals surface area contributed by atoms with Crippen LogP contribution in [0.2, 0.25) is 0 Å². The summed E-state index contributed by atoms with van der Waals surface area (Å²) in [6.45, 7) is 6.30. The van der Waals surface area contributed by atoms with Crippen LogP contribution in [0.5, 0.6) is 0 Å². The van der Waals surface area contributed by atoms with Crippen molar-refractivity contribution in [3.8, 4) is 0 Å². The highest BCUT2D eigenvalue weighted by Gasteiger charge is 2.60. The molecular formula is C19H25N3. The second-order valence-corrected chi connectivity index (χ2v) is 6.93. The minimum Gasteiger partial charge on any atom is -0.398 e. The van der Waals surface area contributed by atoms with E-state index in [4.69, 9.17) is 11.5 Å². The molecule has 0 aliphatic heterocycles. The number of hydrogen-bond donors (Lipinski definition) is 3. The average Bonchev–Trinajstić information content (AvgIpc) is 3.02. The highest BCUT2D eigenvalue weighted by molar-refractivity contribution is 5.64. The van der Waals surface area contributed by atoms with Crippen molar-refractivity contribution in [2.75, 3.05) is 0 Å². The molecule has 116 valence electrons. The summed E-state index contributed by atoms with van der Waals surface area (Å²) in [5, 5.41) is 3.51. The third-order valence-corrected chi connectivity index (χ3v) is 5.30. The lowest BCUT2D eigenvalue weighted by atomic mass is 9.62. The molecule has 1 aromatic carbocycles. The Morgan fingerprint density at radius 1 is 1.14 bits per heavy atom. The van der Waals surface area contributed by atoms with Gasteiger partial charge in [0.1, 0.15) is 0 Å². The number of nitrogens with one attached hydrogen (secondary N) is 1. The Morgan fingerprint density at radius 2 is 1.82 bits per heavy atom. The Labute approximate surface area is 132 Å². The van der Waals surface area contributed by atoms with Crippen LogP contribution in [0.1, 0.15) is 38.2 Å². The third-order valence-electron chi connectivity index (χ3n) is 5.30. The van der Waals surface area contributed by atoms with E-state index in [9.17, 15) is 0 Å². The maximum Gasteiger partial charge on any atom is 0.0965 e. The number of benzene rings is 1. The maximum atomic E-state index is 6.14. The lowest BCUT2D eigenvalue weighted by molar-refractivity contribution is 0.129. The molecule has 3 aliphatic carbocycles. The smallest absolute Gasteiger partial charge is 0.0965 e. The number of hydrogen-bond acceptors (Lipinski definition) is 3. The van der Waals surface area contributed by atoms with Gasteiger partial charge in [0.05, 0.1) is 5.82 Å². The van der Waals surface area contributed by atoms with E-state index in [0.29, 0.717) is 11.2 Å². The van der Waals surface area contributed by atoms with Gasteiger partial charge < -0.3 is 16.8 Å².